The summed E-state index contributed by atoms with van der Waals surface area (Å²) in [5.41, 5.74) is 2.91. The van der Waals surface area contributed by atoms with Gasteiger partial charge < -0.3 is 15.0 Å². The lowest BCUT2D eigenvalue weighted by Crippen LogP contribution is -2.28. The molecule has 98 valence electrons. The number of carbonyl (C=O) groups excluding carboxylic acids is 1. The maximum Gasteiger partial charge on any atom is 0.357 e. The van der Waals surface area contributed by atoms with E-state index in [1.54, 1.807) is 6.20 Å². The zero-order valence-corrected chi connectivity index (χ0v) is 10.6. The Hall–Kier alpha value is -2.21. The Labute approximate surface area is 110 Å². The SMILES string of the molecule is COC(=O)c1nc(-c2ccc[nH]2)nc2c1CNCC2. The van der Waals surface area contributed by atoms with Gasteiger partial charge in [0.2, 0.25) is 0 Å². The largest absolute Gasteiger partial charge is 0.464 e. The number of hydrogen-bond donors (Lipinski definition) is 2. The number of aromatic amines is 1. The minimum Gasteiger partial charge on any atom is -0.464 e. The van der Waals surface area contributed by atoms with Crippen molar-refractivity contribution in [1.29, 1.82) is 0 Å². The van der Waals surface area contributed by atoms with Crippen LogP contribution in [0.2, 0.25) is 0 Å². The quantitative estimate of drug-likeness (QED) is 0.782. The fourth-order valence-corrected chi connectivity index (χ4v) is 2.20. The van der Waals surface area contributed by atoms with Gasteiger partial charge in [0.05, 0.1) is 18.5 Å². The average molecular weight is 258 g/mol. The first-order chi connectivity index (χ1) is 9.29. The summed E-state index contributed by atoms with van der Waals surface area (Å²) in [5.74, 6) is 0.112. The molecule has 2 N–H and O–H groups in total. The second-order valence-electron chi connectivity index (χ2n) is 4.32. The summed E-state index contributed by atoms with van der Waals surface area (Å²) in [5, 5.41) is 3.22. The number of methoxy groups -OCH3 is 1. The van der Waals surface area contributed by atoms with Crippen LogP contribution in [-0.4, -0.2) is 34.6 Å². The van der Waals surface area contributed by atoms with Gasteiger partial charge in [-0.2, -0.15) is 0 Å². The molecular formula is C13H14N4O2. The molecule has 3 heterocycles. The van der Waals surface area contributed by atoms with Gasteiger partial charge in [0, 0.05) is 31.3 Å². The predicted octanol–water partition coefficient (Wildman–Crippen LogP) is 0.904. The number of ether oxygens (including phenoxy) is 1. The average Bonchev–Trinajstić information content (AvgIpc) is 2.99. The van der Waals surface area contributed by atoms with Crippen LogP contribution in [0.1, 0.15) is 21.7 Å². The molecule has 6 heteroatoms. The number of nitrogens with zero attached hydrogens (tertiary/aromatic N) is 2. The highest BCUT2D eigenvalue weighted by Gasteiger charge is 2.23. The highest BCUT2D eigenvalue weighted by atomic mass is 16.5. The zero-order valence-electron chi connectivity index (χ0n) is 10.6. The molecule has 0 saturated heterocycles. The minimum atomic E-state index is -0.421. The van der Waals surface area contributed by atoms with Crippen molar-refractivity contribution in [2.24, 2.45) is 0 Å². The molecule has 1 aliphatic heterocycles. The van der Waals surface area contributed by atoms with Gasteiger partial charge >= 0.3 is 5.97 Å². The van der Waals surface area contributed by atoms with Crippen molar-refractivity contribution in [1.82, 2.24) is 20.3 Å². The summed E-state index contributed by atoms with van der Waals surface area (Å²) < 4.78 is 4.81. The van der Waals surface area contributed by atoms with Gasteiger partial charge in [0.15, 0.2) is 11.5 Å². The third-order valence-electron chi connectivity index (χ3n) is 3.15. The zero-order chi connectivity index (χ0) is 13.2. The Morgan fingerprint density at radius 3 is 3.05 bits per heavy atom. The van der Waals surface area contributed by atoms with E-state index in [-0.39, 0.29) is 0 Å². The summed E-state index contributed by atoms with van der Waals surface area (Å²) in [7, 11) is 1.36. The monoisotopic (exact) mass is 258 g/mol. The Bertz CT molecular complexity index is 607. The molecule has 3 rings (SSSR count). The number of aromatic nitrogens is 3. The highest BCUT2D eigenvalue weighted by molar-refractivity contribution is 5.89. The van der Waals surface area contributed by atoms with Gasteiger partial charge in [-0.3, -0.25) is 0 Å². The van der Waals surface area contributed by atoms with E-state index in [4.69, 9.17) is 4.74 Å². The molecule has 0 spiro atoms. The Kier molecular flexibility index (Phi) is 3.00. The maximum atomic E-state index is 11.9. The van der Waals surface area contributed by atoms with Crippen molar-refractivity contribution < 1.29 is 9.53 Å². The van der Waals surface area contributed by atoms with Crippen LogP contribution in [0.3, 0.4) is 0 Å². The van der Waals surface area contributed by atoms with Gasteiger partial charge in [-0.1, -0.05) is 0 Å². The van der Waals surface area contributed by atoms with Crippen LogP contribution in [-0.2, 0) is 17.7 Å². The second-order valence-corrected chi connectivity index (χ2v) is 4.32. The van der Waals surface area contributed by atoms with Gasteiger partial charge in [0.1, 0.15) is 0 Å². The van der Waals surface area contributed by atoms with E-state index in [0.29, 0.717) is 18.1 Å². The van der Waals surface area contributed by atoms with Crippen molar-refractivity contribution >= 4 is 5.97 Å². The maximum absolute atomic E-state index is 11.9. The number of hydrogen-bond acceptors (Lipinski definition) is 5. The third-order valence-corrected chi connectivity index (χ3v) is 3.15. The third kappa shape index (κ3) is 2.10. The van der Waals surface area contributed by atoms with Gasteiger partial charge in [-0.25, -0.2) is 14.8 Å². The number of H-pyrrole nitrogens is 1. The van der Waals surface area contributed by atoms with Crippen molar-refractivity contribution in [3.05, 3.63) is 35.3 Å². The number of nitrogens with one attached hydrogen (secondary N) is 2. The van der Waals surface area contributed by atoms with E-state index in [0.717, 1.165) is 29.9 Å². The van der Waals surface area contributed by atoms with Crippen LogP contribution in [0.15, 0.2) is 18.3 Å². The van der Waals surface area contributed by atoms with E-state index in [1.807, 2.05) is 12.1 Å². The van der Waals surface area contributed by atoms with Crippen molar-refractivity contribution in [2.45, 2.75) is 13.0 Å². The molecule has 1 aliphatic rings. The number of rotatable bonds is 2. The standard InChI is InChI=1S/C13H14N4O2/c1-19-13(18)11-8-7-14-6-4-9(8)16-12(17-11)10-3-2-5-15-10/h2-3,5,14-15H,4,6-7H2,1H3. The fraction of sp³-hybridized carbons (Fsp3) is 0.308. The van der Waals surface area contributed by atoms with Crippen molar-refractivity contribution in [3.63, 3.8) is 0 Å². The highest BCUT2D eigenvalue weighted by Crippen LogP contribution is 2.21. The molecule has 6 nitrogen and oxygen atoms in total. The molecule has 0 aromatic carbocycles. The van der Waals surface area contributed by atoms with E-state index >= 15 is 0 Å². The molecule has 0 atom stereocenters. The first-order valence-electron chi connectivity index (χ1n) is 6.12. The lowest BCUT2D eigenvalue weighted by Gasteiger charge is -2.18. The summed E-state index contributed by atoms with van der Waals surface area (Å²) >= 11 is 0. The number of fused-ring (bicyclic) bond motifs is 1. The molecule has 2 aromatic heterocycles. The predicted molar refractivity (Wildman–Crippen MR) is 68.6 cm³/mol. The molecule has 0 amide bonds. The van der Waals surface area contributed by atoms with Crippen LogP contribution < -0.4 is 5.32 Å². The van der Waals surface area contributed by atoms with Crippen LogP contribution in [0.4, 0.5) is 0 Å². The second kappa shape index (κ2) is 4.81. The Morgan fingerprint density at radius 1 is 1.42 bits per heavy atom. The lowest BCUT2D eigenvalue weighted by molar-refractivity contribution is 0.0592. The van der Waals surface area contributed by atoms with Crippen LogP contribution in [0.5, 0.6) is 0 Å². The van der Waals surface area contributed by atoms with Gasteiger partial charge in [0.25, 0.3) is 0 Å². The molecule has 0 saturated carbocycles. The molecule has 0 fully saturated rings. The van der Waals surface area contributed by atoms with Crippen LogP contribution >= 0.6 is 0 Å². The van der Waals surface area contributed by atoms with E-state index in [2.05, 4.69) is 20.3 Å². The Balaban J connectivity index is 2.16. The first kappa shape index (κ1) is 11.9. The summed E-state index contributed by atoms with van der Waals surface area (Å²) in [4.78, 5) is 23.8. The topological polar surface area (TPSA) is 79.9 Å². The summed E-state index contributed by atoms with van der Waals surface area (Å²) in [6, 6.07) is 3.75. The molecule has 0 bridgehead atoms. The lowest BCUT2D eigenvalue weighted by atomic mass is 10.0. The molecular weight excluding hydrogens is 244 g/mol. The molecule has 0 unspecified atom stereocenters. The van der Waals surface area contributed by atoms with Crippen LogP contribution in [0.25, 0.3) is 11.5 Å². The van der Waals surface area contributed by atoms with E-state index in [9.17, 15) is 4.79 Å². The molecule has 2 aromatic rings. The van der Waals surface area contributed by atoms with Crippen molar-refractivity contribution in [2.75, 3.05) is 13.7 Å². The molecule has 0 radical (unpaired) electrons. The van der Waals surface area contributed by atoms with Crippen LogP contribution in [0, 0.1) is 0 Å². The summed E-state index contributed by atoms with van der Waals surface area (Å²) in [6.45, 7) is 1.46. The van der Waals surface area contributed by atoms with E-state index in [1.165, 1.54) is 7.11 Å². The summed E-state index contributed by atoms with van der Waals surface area (Å²) in [6.07, 6.45) is 2.59. The number of carbonyl (C=O) groups is 1. The normalized spacial score (nSPS) is 13.9. The minimum absolute atomic E-state index is 0.351. The molecule has 19 heavy (non-hydrogen) atoms. The smallest absolute Gasteiger partial charge is 0.357 e. The Morgan fingerprint density at radius 2 is 2.32 bits per heavy atom. The van der Waals surface area contributed by atoms with Crippen molar-refractivity contribution in [3.8, 4) is 11.5 Å². The molecule has 0 aliphatic carbocycles. The van der Waals surface area contributed by atoms with Gasteiger partial charge in [-0.15, -0.1) is 0 Å². The number of esters is 1. The van der Waals surface area contributed by atoms with E-state index < -0.39 is 5.97 Å². The van der Waals surface area contributed by atoms with Gasteiger partial charge in [-0.05, 0) is 12.1 Å². The fourth-order valence-electron chi connectivity index (χ4n) is 2.20. The first-order valence-corrected chi connectivity index (χ1v) is 6.12.